The Labute approximate surface area is 379 Å². The summed E-state index contributed by atoms with van der Waals surface area (Å²) in [4.78, 5) is 46.2. The number of carbonyl (C=O) groups is 3. The zero-order chi connectivity index (χ0) is 45.6. The van der Waals surface area contributed by atoms with Crippen LogP contribution in [0.1, 0.15) is 258 Å². The topological polar surface area (TPSA) is 172 Å². The third kappa shape index (κ3) is 44.8. The highest BCUT2D eigenvalue weighted by atomic mass is 31.2. The predicted octanol–water partition coefficient (Wildman–Crippen LogP) is 14.4. The van der Waals surface area contributed by atoms with Crippen molar-refractivity contribution in [2.24, 2.45) is 5.73 Å². The van der Waals surface area contributed by atoms with Crippen LogP contribution in [0.2, 0.25) is 0 Å². The molecule has 0 rings (SSSR count). The van der Waals surface area contributed by atoms with E-state index in [1.807, 2.05) is 0 Å². The number of phosphoric ester groups is 1. The predicted molar refractivity (Wildman–Crippen MR) is 254 cm³/mol. The highest BCUT2D eigenvalue weighted by Gasteiger charge is 2.28. The van der Waals surface area contributed by atoms with E-state index in [9.17, 15) is 23.8 Å². The number of carboxylic acids is 1. The lowest BCUT2D eigenvalue weighted by atomic mass is 10.0. The van der Waals surface area contributed by atoms with Gasteiger partial charge in [-0.1, -0.05) is 219 Å². The zero-order valence-electron chi connectivity index (χ0n) is 40.0. The number of unbranched alkanes of at least 4 members (excludes halogenated alkanes) is 33. The van der Waals surface area contributed by atoms with E-state index in [1.165, 1.54) is 173 Å². The van der Waals surface area contributed by atoms with E-state index in [1.54, 1.807) is 0 Å². The molecule has 0 aromatic carbocycles. The molecule has 0 aromatic heterocycles. The van der Waals surface area contributed by atoms with Crippen molar-refractivity contribution in [2.45, 2.75) is 270 Å². The van der Waals surface area contributed by atoms with E-state index in [4.69, 9.17) is 24.8 Å². The van der Waals surface area contributed by atoms with Crippen LogP contribution in [0.4, 0.5) is 0 Å². The van der Waals surface area contributed by atoms with E-state index in [-0.39, 0.29) is 19.4 Å². The molecule has 0 aliphatic heterocycles. The van der Waals surface area contributed by atoms with Gasteiger partial charge in [0, 0.05) is 12.8 Å². The van der Waals surface area contributed by atoms with Gasteiger partial charge in [0.1, 0.15) is 12.6 Å². The molecule has 0 fully saturated rings. The molecule has 12 heteroatoms. The first kappa shape index (κ1) is 60.2. The molecule has 0 radical (unpaired) electrons. The first-order valence-electron chi connectivity index (χ1n) is 25.7. The minimum absolute atomic E-state index is 0.161. The lowest BCUT2D eigenvalue weighted by molar-refractivity contribution is -0.161. The molecule has 0 amide bonds. The van der Waals surface area contributed by atoms with Crippen LogP contribution in [0.25, 0.3) is 0 Å². The highest BCUT2D eigenvalue weighted by molar-refractivity contribution is 7.47. The molecule has 0 saturated heterocycles. The molecule has 0 aliphatic carbocycles. The normalized spacial score (nSPS) is 13.6. The number of hydrogen-bond acceptors (Lipinski definition) is 9. The van der Waals surface area contributed by atoms with Crippen molar-refractivity contribution >= 4 is 25.7 Å². The van der Waals surface area contributed by atoms with Crippen LogP contribution in [0.3, 0.4) is 0 Å². The number of esters is 2. The molecule has 0 saturated carbocycles. The largest absolute Gasteiger partial charge is 0.480 e. The van der Waals surface area contributed by atoms with Gasteiger partial charge in [0.15, 0.2) is 6.10 Å². The van der Waals surface area contributed by atoms with E-state index in [2.05, 4.69) is 30.5 Å². The maximum Gasteiger partial charge on any atom is 0.472 e. The van der Waals surface area contributed by atoms with Crippen LogP contribution < -0.4 is 5.73 Å². The number of allylic oxidation sites excluding steroid dienone is 2. The molecule has 11 nitrogen and oxygen atoms in total. The summed E-state index contributed by atoms with van der Waals surface area (Å²) in [5.41, 5.74) is 5.35. The number of nitrogens with two attached hydrogens (primary N) is 1. The second kappa shape index (κ2) is 45.8. The summed E-state index contributed by atoms with van der Waals surface area (Å²) in [6.45, 7) is 2.85. The Morgan fingerprint density at radius 2 is 0.806 bits per heavy atom. The van der Waals surface area contributed by atoms with Crippen LogP contribution in [0, 0.1) is 0 Å². The van der Waals surface area contributed by atoms with Gasteiger partial charge in [0.25, 0.3) is 0 Å². The van der Waals surface area contributed by atoms with Crippen molar-refractivity contribution in [1.29, 1.82) is 0 Å². The third-order valence-electron chi connectivity index (χ3n) is 11.5. The lowest BCUT2D eigenvalue weighted by Gasteiger charge is -2.20. The van der Waals surface area contributed by atoms with Crippen molar-refractivity contribution in [3.8, 4) is 0 Å². The van der Waals surface area contributed by atoms with Crippen LogP contribution in [-0.4, -0.2) is 59.9 Å². The lowest BCUT2D eigenvalue weighted by Crippen LogP contribution is -2.34. The minimum Gasteiger partial charge on any atom is -0.480 e. The maximum atomic E-state index is 12.7. The summed E-state index contributed by atoms with van der Waals surface area (Å²) in [5, 5.41) is 8.92. The highest BCUT2D eigenvalue weighted by Crippen LogP contribution is 2.43. The minimum atomic E-state index is -4.72. The summed E-state index contributed by atoms with van der Waals surface area (Å²) < 4.78 is 32.8. The number of hydrogen-bond donors (Lipinski definition) is 3. The van der Waals surface area contributed by atoms with Crippen molar-refractivity contribution in [2.75, 3.05) is 19.8 Å². The molecule has 0 bridgehead atoms. The van der Waals surface area contributed by atoms with Gasteiger partial charge in [-0.3, -0.25) is 23.4 Å². The fourth-order valence-electron chi connectivity index (χ4n) is 7.47. The molecular weight excluding hydrogens is 806 g/mol. The molecule has 4 N–H and O–H groups in total. The molecule has 1 unspecified atom stereocenters. The Bertz CT molecular complexity index is 1110. The number of rotatable bonds is 49. The van der Waals surface area contributed by atoms with Gasteiger partial charge in [-0.25, -0.2) is 4.57 Å². The summed E-state index contributed by atoms with van der Waals surface area (Å²) in [7, 11) is -4.72. The quantitative estimate of drug-likeness (QED) is 0.0230. The zero-order valence-corrected chi connectivity index (χ0v) is 40.9. The second-order valence-electron chi connectivity index (χ2n) is 17.7. The standard InChI is InChI=1S/C50H96NO10P/c1-3-5-7-9-11-13-15-17-19-21-22-23-24-26-27-29-31-33-35-37-39-41-48(52)58-43-46(44-59-62(56,57)60-45-47(51)50(54)55)61-49(53)42-40-38-36-34-32-30-28-25-20-18-16-14-12-10-8-6-4-2/h18,20,46-47H,3-17,19,21-45,51H2,1-2H3,(H,54,55)(H,56,57)/b20-18+/t46-,47+/m1/s1. The average molecular weight is 902 g/mol. The second-order valence-corrected chi connectivity index (χ2v) is 19.1. The number of aliphatic carboxylic acids is 1. The fourth-order valence-corrected chi connectivity index (χ4v) is 8.25. The van der Waals surface area contributed by atoms with E-state index >= 15 is 0 Å². The molecule has 0 aromatic rings. The number of phosphoric acid groups is 1. The van der Waals surface area contributed by atoms with Crippen molar-refractivity contribution in [3.63, 3.8) is 0 Å². The molecule has 0 aliphatic rings. The fraction of sp³-hybridized carbons (Fsp3) is 0.900. The molecule has 62 heavy (non-hydrogen) atoms. The summed E-state index contributed by atoms with van der Waals surface area (Å²) in [6, 6.07) is -1.52. The smallest absolute Gasteiger partial charge is 0.472 e. The third-order valence-corrected chi connectivity index (χ3v) is 12.5. The van der Waals surface area contributed by atoms with E-state index < -0.39 is 51.1 Å². The van der Waals surface area contributed by atoms with E-state index in [0.29, 0.717) is 12.8 Å². The van der Waals surface area contributed by atoms with Gasteiger partial charge in [0.05, 0.1) is 13.2 Å². The summed E-state index contributed by atoms with van der Waals surface area (Å²) in [5.74, 6) is -2.36. The molecule has 3 atom stereocenters. The summed E-state index contributed by atoms with van der Waals surface area (Å²) >= 11 is 0. The Kier molecular flexibility index (Phi) is 44.5. The first-order valence-corrected chi connectivity index (χ1v) is 27.2. The van der Waals surface area contributed by atoms with Crippen molar-refractivity contribution in [1.82, 2.24) is 0 Å². The van der Waals surface area contributed by atoms with Gasteiger partial charge < -0.3 is 25.2 Å². The average Bonchev–Trinajstić information content (AvgIpc) is 3.25. The maximum absolute atomic E-state index is 12.7. The van der Waals surface area contributed by atoms with Crippen molar-refractivity contribution in [3.05, 3.63) is 12.2 Å². The first-order chi connectivity index (χ1) is 30.1. The Hall–Kier alpha value is -1.78. The van der Waals surface area contributed by atoms with Crippen molar-refractivity contribution < 1.29 is 47.5 Å². The van der Waals surface area contributed by atoms with Gasteiger partial charge in [-0.05, 0) is 38.5 Å². The van der Waals surface area contributed by atoms with Crippen LogP contribution in [-0.2, 0) is 37.5 Å². The number of carboxylic acid groups (broad SMARTS) is 1. The number of ether oxygens (including phenoxy) is 2. The molecule has 0 heterocycles. The van der Waals surface area contributed by atoms with Gasteiger partial charge in [-0.2, -0.15) is 0 Å². The van der Waals surface area contributed by atoms with Crippen LogP contribution in [0.15, 0.2) is 12.2 Å². The monoisotopic (exact) mass is 902 g/mol. The van der Waals surface area contributed by atoms with Gasteiger partial charge in [0.2, 0.25) is 0 Å². The Balaban J connectivity index is 4.20. The number of carbonyl (C=O) groups excluding carboxylic acids is 2. The van der Waals surface area contributed by atoms with Gasteiger partial charge >= 0.3 is 25.7 Å². The summed E-state index contributed by atoms with van der Waals surface area (Å²) in [6.07, 6.45) is 48.5. The van der Waals surface area contributed by atoms with Crippen LogP contribution >= 0.6 is 7.82 Å². The Morgan fingerprint density at radius 3 is 1.18 bits per heavy atom. The molecule has 0 spiro atoms. The van der Waals surface area contributed by atoms with E-state index in [0.717, 1.165) is 44.9 Å². The molecule has 366 valence electrons. The SMILES string of the molecule is CCCCCCCC/C=C/CCCCCCCCCC(=O)O[C@H](COC(=O)CCCCCCCCCCCCCCCCCCCCCCC)COP(=O)(O)OC[C@H](N)C(=O)O. The molecular formula is C50H96NO10P. The van der Waals surface area contributed by atoms with Gasteiger partial charge in [-0.15, -0.1) is 0 Å². The van der Waals surface area contributed by atoms with Crippen LogP contribution in [0.5, 0.6) is 0 Å². The Morgan fingerprint density at radius 1 is 0.484 bits per heavy atom.